The maximum Gasteiger partial charge on any atom is 0.306 e. The van der Waals surface area contributed by atoms with E-state index in [0.29, 0.717) is 19.3 Å². The van der Waals surface area contributed by atoms with Crippen molar-refractivity contribution >= 4 is 17.9 Å². The monoisotopic (exact) mass is 969 g/mol. The van der Waals surface area contributed by atoms with E-state index < -0.39 is 6.10 Å². The van der Waals surface area contributed by atoms with Gasteiger partial charge in [0, 0.05) is 19.3 Å². The molecule has 0 saturated heterocycles. The average molecular weight is 970 g/mol. The number of rotatable bonds is 56. The zero-order chi connectivity index (χ0) is 50.0. The first-order valence-corrected chi connectivity index (χ1v) is 30.5. The van der Waals surface area contributed by atoms with Crippen molar-refractivity contribution < 1.29 is 28.6 Å². The fourth-order valence-corrected chi connectivity index (χ4v) is 8.94. The van der Waals surface area contributed by atoms with E-state index in [-0.39, 0.29) is 31.1 Å². The van der Waals surface area contributed by atoms with Crippen LogP contribution in [0.15, 0.2) is 36.5 Å². The van der Waals surface area contributed by atoms with Crippen LogP contribution in [-0.4, -0.2) is 37.2 Å². The molecule has 0 amide bonds. The van der Waals surface area contributed by atoms with Crippen molar-refractivity contribution in [2.24, 2.45) is 0 Å². The molecule has 0 bridgehead atoms. The Hall–Kier alpha value is -2.37. The highest BCUT2D eigenvalue weighted by Gasteiger charge is 2.19. The summed E-state index contributed by atoms with van der Waals surface area (Å²) in [6.45, 7) is 6.63. The molecule has 0 aliphatic rings. The van der Waals surface area contributed by atoms with E-state index in [4.69, 9.17) is 14.2 Å². The van der Waals surface area contributed by atoms with Crippen LogP contribution in [0.5, 0.6) is 0 Å². The third-order valence-electron chi connectivity index (χ3n) is 13.6. The van der Waals surface area contributed by atoms with Gasteiger partial charge < -0.3 is 14.2 Å². The largest absolute Gasteiger partial charge is 0.462 e. The fraction of sp³-hybridized carbons (Fsp3) is 0.857. The Balaban J connectivity index is 4.25. The first-order valence-electron chi connectivity index (χ1n) is 30.5. The van der Waals surface area contributed by atoms with E-state index >= 15 is 0 Å². The summed E-state index contributed by atoms with van der Waals surface area (Å²) in [6.07, 6.45) is 70.1. The topological polar surface area (TPSA) is 78.9 Å². The molecule has 1 atom stereocenters. The molecule has 0 spiro atoms. The summed E-state index contributed by atoms with van der Waals surface area (Å²) >= 11 is 0. The summed E-state index contributed by atoms with van der Waals surface area (Å²) in [4.78, 5) is 38.1. The van der Waals surface area contributed by atoms with Crippen LogP contribution in [-0.2, 0) is 28.6 Å². The molecule has 404 valence electrons. The van der Waals surface area contributed by atoms with E-state index in [2.05, 4.69) is 57.2 Å². The second kappa shape index (κ2) is 58.2. The molecule has 0 aromatic rings. The van der Waals surface area contributed by atoms with E-state index in [9.17, 15) is 14.4 Å². The van der Waals surface area contributed by atoms with Gasteiger partial charge in [-0.2, -0.15) is 0 Å². The van der Waals surface area contributed by atoms with Gasteiger partial charge in [-0.3, -0.25) is 14.4 Å². The quantitative estimate of drug-likeness (QED) is 0.0261. The average Bonchev–Trinajstić information content (AvgIpc) is 3.35. The van der Waals surface area contributed by atoms with Gasteiger partial charge in [0.05, 0.1) is 0 Å². The smallest absolute Gasteiger partial charge is 0.306 e. The van der Waals surface area contributed by atoms with Crippen molar-refractivity contribution in [1.29, 1.82) is 0 Å². The molecule has 0 aromatic heterocycles. The predicted molar refractivity (Wildman–Crippen MR) is 298 cm³/mol. The minimum atomic E-state index is -0.776. The van der Waals surface area contributed by atoms with Gasteiger partial charge in [0.1, 0.15) is 13.2 Å². The first-order chi connectivity index (χ1) is 34.0. The molecule has 69 heavy (non-hydrogen) atoms. The number of carbonyl (C=O) groups is 3. The SMILES string of the molecule is CCCC/C=C\CCCCCCCC(=O)OCC(COC(=O)CCCCCCCCCCCCC/C=C\CCCCCCCCCC)OC(=O)CCCCCCCCC/C=C\CCCCCCCC. The van der Waals surface area contributed by atoms with Gasteiger partial charge in [-0.1, -0.05) is 256 Å². The minimum absolute atomic E-state index is 0.0744. The van der Waals surface area contributed by atoms with E-state index in [1.807, 2.05) is 0 Å². The molecule has 0 aliphatic carbocycles. The highest BCUT2D eigenvalue weighted by atomic mass is 16.6. The molecule has 0 aromatic carbocycles. The van der Waals surface area contributed by atoms with Gasteiger partial charge in [0.25, 0.3) is 0 Å². The lowest BCUT2D eigenvalue weighted by Crippen LogP contribution is -2.30. The van der Waals surface area contributed by atoms with Crippen LogP contribution in [0.25, 0.3) is 0 Å². The number of esters is 3. The molecule has 0 N–H and O–H groups in total. The van der Waals surface area contributed by atoms with Crippen LogP contribution in [0, 0.1) is 0 Å². The maximum absolute atomic E-state index is 12.9. The van der Waals surface area contributed by atoms with Crippen molar-refractivity contribution in [3.63, 3.8) is 0 Å². The number of hydrogen-bond donors (Lipinski definition) is 0. The van der Waals surface area contributed by atoms with Gasteiger partial charge in [-0.15, -0.1) is 0 Å². The summed E-state index contributed by atoms with van der Waals surface area (Å²) in [5, 5.41) is 0. The van der Waals surface area contributed by atoms with Gasteiger partial charge in [0.2, 0.25) is 0 Å². The van der Waals surface area contributed by atoms with Crippen molar-refractivity contribution in [2.45, 2.75) is 335 Å². The Bertz CT molecular complexity index is 1160. The molecule has 0 rings (SSSR count). The fourth-order valence-electron chi connectivity index (χ4n) is 8.94. The lowest BCUT2D eigenvalue weighted by Gasteiger charge is -2.18. The van der Waals surface area contributed by atoms with Crippen molar-refractivity contribution in [1.82, 2.24) is 0 Å². The van der Waals surface area contributed by atoms with Crippen molar-refractivity contribution in [3.05, 3.63) is 36.5 Å². The van der Waals surface area contributed by atoms with Crippen LogP contribution in [0.1, 0.15) is 329 Å². The lowest BCUT2D eigenvalue weighted by molar-refractivity contribution is -0.167. The second-order valence-electron chi connectivity index (χ2n) is 20.6. The standard InChI is InChI=1S/C63H116O6/c1-4-7-10-13-16-19-22-24-26-28-29-30-31-32-33-35-36-38-41-44-47-50-53-56-62(65)68-59-60(58-67-61(64)55-52-49-46-43-40-21-18-15-12-9-6-3)69-63(66)57-54-51-48-45-42-39-37-34-27-25-23-20-17-14-11-8-5-2/h15,18,25,27-29,60H,4-14,16-17,19-24,26,30-59H2,1-3H3/b18-15-,27-25-,29-28-. The number of unbranched alkanes of at least 4 members (excludes halogenated alkanes) is 39. The highest BCUT2D eigenvalue weighted by molar-refractivity contribution is 5.71. The Morgan fingerprint density at radius 3 is 0.768 bits per heavy atom. The number of carbonyl (C=O) groups excluding carboxylic acids is 3. The first kappa shape index (κ1) is 66.6. The predicted octanol–water partition coefficient (Wildman–Crippen LogP) is 20.4. The van der Waals surface area contributed by atoms with Gasteiger partial charge >= 0.3 is 17.9 Å². The minimum Gasteiger partial charge on any atom is -0.462 e. The summed E-state index contributed by atoms with van der Waals surface area (Å²) < 4.78 is 16.9. The van der Waals surface area contributed by atoms with Gasteiger partial charge in [-0.05, 0) is 89.9 Å². The summed E-state index contributed by atoms with van der Waals surface area (Å²) in [6, 6.07) is 0. The molecule has 1 unspecified atom stereocenters. The molecule has 6 heteroatoms. The summed E-state index contributed by atoms with van der Waals surface area (Å²) in [5.41, 5.74) is 0. The van der Waals surface area contributed by atoms with Crippen LogP contribution >= 0.6 is 0 Å². The van der Waals surface area contributed by atoms with E-state index in [0.717, 1.165) is 64.2 Å². The molecule has 0 radical (unpaired) electrons. The van der Waals surface area contributed by atoms with Gasteiger partial charge in [0.15, 0.2) is 6.10 Å². The molecule has 0 saturated carbocycles. The molecule has 0 aliphatic heterocycles. The summed E-state index contributed by atoms with van der Waals surface area (Å²) in [5.74, 6) is -0.873. The Labute approximate surface area is 429 Å². The van der Waals surface area contributed by atoms with E-state index in [1.165, 1.54) is 225 Å². The molecule has 6 nitrogen and oxygen atoms in total. The van der Waals surface area contributed by atoms with Crippen molar-refractivity contribution in [3.8, 4) is 0 Å². The van der Waals surface area contributed by atoms with Gasteiger partial charge in [-0.25, -0.2) is 0 Å². The lowest BCUT2D eigenvalue weighted by atomic mass is 10.0. The molecule has 0 fully saturated rings. The van der Waals surface area contributed by atoms with Crippen molar-refractivity contribution in [2.75, 3.05) is 13.2 Å². The van der Waals surface area contributed by atoms with Crippen LogP contribution in [0.2, 0.25) is 0 Å². The molecular weight excluding hydrogens is 853 g/mol. The Kier molecular flexibility index (Phi) is 56.2. The Morgan fingerprint density at radius 2 is 0.493 bits per heavy atom. The molecular formula is C63H116O6. The van der Waals surface area contributed by atoms with Crippen LogP contribution < -0.4 is 0 Å². The van der Waals surface area contributed by atoms with E-state index in [1.54, 1.807) is 0 Å². The Morgan fingerprint density at radius 1 is 0.275 bits per heavy atom. The number of ether oxygens (including phenoxy) is 3. The number of hydrogen-bond acceptors (Lipinski definition) is 6. The van der Waals surface area contributed by atoms with Crippen LogP contribution in [0.3, 0.4) is 0 Å². The third kappa shape index (κ3) is 56.4. The highest BCUT2D eigenvalue weighted by Crippen LogP contribution is 2.16. The molecule has 0 heterocycles. The number of allylic oxidation sites excluding steroid dienone is 6. The second-order valence-corrected chi connectivity index (χ2v) is 20.6. The maximum atomic E-state index is 12.9. The van der Waals surface area contributed by atoms with Crippen LogP contribution in [0.4, 0.5) is 0 Å². The zero-order valence-electron chi connectivity index (χ0n) is 46.3. The summed E-state index contributed by atoms with van der Waals surface area (Å²) in [7, 11) is 0. The zero-order valence-corrected chi connectivity index (χ0v) is 46.3. The third-order valence-corrected chi connectivity index (χ3v) is 13.6. The normalized spacial score (nSPS) is 12.2.